The Morgan fingerprint density at radius 1 is 1.29 bits per heavy atom. The van der Waals surface area contributed by atoms with Gasteiger partial charge in [0.25, 0.3) is 11.6 Å². The third kappa shape index (κ3) is 7.43. The van der Waals surface area contributed by atoms with Gasteiger partial charge in [0.1, 0.15) is 23.4 Å². The van der Waals surface area contributed by atoms with Gasteiger partial charge in [-0.25, -0.2) is 4.79 Å². The average Bonchev–Trinajstić information content (AvgIpc) is 3.27. The van der Waals surface area contributed by atoms with Crippen LogP contribution in [0.2, 0.25) is 0 Å². The lowest BCUT2D eigenvalue weighted by Gasteiger charge is -2.18. The first-order valence-electron chi connectivity index (χ1n) is 11.6. The summed E-state index contributed by atoms with van der Waals surface area (Å²) < 4.78 is 10.9. The summed E-state index contributed by atoms with van der Waals surface area (Å²) in [5.41, 5.74) is 2.36. The van der Waals surface area contributed by atoms with E-state index < -0.39 is 23.0 Å². The SMILES string of the molecule is CCCC=NC(C(=O)N/C(NC(=O)OC(C)c1cc2c(cc1[N+](=O)[O-])[B]CO2)=C(/C)CC)=C(C)C. The van der Waals surface area contributed by atoms with Crippen LogP contribution in [0, 0.1) is 10.1 Å². The topological polar surface area (TPSA) is 132 Å². The van der Waals surface area contributed by atoms with E-state index in [2.05, 4.69) is 15.6 Å². The fourth-order valence-electron chi connectivity index (χ4n) is 3.24. The van der Waals surface area contributed by atoms with Gasteiger partial charge < -0.3 is 14.8 Å². The zero-order valence-corrected chi connectivity index (χ0v) is 21.1. The van der Waals surface area contributed by atoms with Crippen molar-refractivity contribution < 1.29 is 24.0 Å². The van der Waals surface area contributed by atoms with Crippen molar-refractivity contribution >= 4 is 36.6 Å². The fourth-order valence-corrected chi connectivity index (χ4v) is 3.24. The molecule has 0 aliphatic carbocycles. The van der Waals surface area contributed by atoms with E-state index >= 15 is 0 Å². The molecule has 35 heavy (non-hydrogen) atoms. The average molecular weight is 483 g/mol. The van der Waals surface area contributed by atoms with Crippen molar-refractivity contribution in [2.24, 2.45) is 4.99 Å². The number of nitro benzene ring substituents is 1. The summed E-state index contributed by atoms with van der Waals surface area (Å²) in [5, 5.41) is 16.9. The van der Waals surface area contributed by atoms with Crippen LogP contribution in [-0.2, 0) is 9.53 Å². The number of carbonyl (C=O) groups is 2. The number of hydrogen-bond donors (Lipinski definition) is 2. The van der Waals surface area contributed by atoms with Crippen molar-refractivity contribution in [1.82, 2.24) is 10.6 Å². The first kappa shape index (κ1) is 27.6. The van der Waals surface area contributed by atoms with Crippen LogP contribution in [0.15, 0.2) is 39.8 Å². The van der Waals surface area contributed by atoms with Gasteiger partial charge in [-0.15, -0.1) is 0 Å². The number of nitrogens with one attached hydrogen (secondary N) is 2. The minimum Gasteiger partial charge on any atom is -0.503 e. The van der Waals surface area contributed by atoms with E-state index in [4.69, 9.17) is 9.47 Å². The number of hydrogen-bond acceptors (Lipinski definition) is 7. The molecule has 2 amide bonds. The highest BCUT2D eigenvalue weighted by atomic mass is 16.6. The summed E-state index contributed by atoms with van der Waals surface area (Å²) in [6, 6.07) is 2.92. The first-order chi connectivity index (χ1) is 16.6. The number of allylic oxidation sites excluding steroid dienone is 2. The second kappa shape index (κ2) is 12.7. The summed E-state index contributed by atoms with van der Waals surface area (Å²) in [4.78, 5) is 40.9. The highest BCUT2D eigenvalue weighted by Gasteiger charge is 2.28. The molecule has 0 saturated carbocycles. The van der Waals surface area contributed by atoms with Gasteiger partial charge in [-0.05, 0) is 63.2 Å². The lowest BCUT2D eigenvalue weighted by atomic mass is 9.72. The predicted molar refractivity (Wildman–Crippen MR) is 135 cm³/mol. The Morgan fingerprint density at radius 3 is 2.60 bits per heavy atom. The number of amides is 2. The summed E-state index contributed by atoms with van der Waals surface area (Å²) in [5.74, 6) is 0.214. The van der Waals surface area contributed by atoms with E-state index in [1.807, 2.05) is 13.8 Å². The Kier molecular flexibility index (Phi) is 10.0. The smallest absolute Gasteiger partial charge is 0.413 e. The van der Waals surface area contributed by atoms with Gasteiger partial charge in [0.05, 0.1) is 17.0 Å². The molecule has 1 aliphatic heterocycles. The van der Waals surface area contributed by atoms with Crippen molar-refractivity contribution in [3.05, 3.63) is 50.5 Å². The molecule has 11 heteroatoms. The highest BCUT2D eigenvalue weighted by molar-refractivity contribution is 6.56. The summed E-state index contributed by atoms with van der Waals surface area (Å²) in [7, 11) is 1.74. The molecule has 0 spiro atoms. The molecule has 10 nitrogen and oxygen atoms in total. The molecule has 0 aromatic heterocycles. The quantitative estimate of drug-likeness (QED) is 0.170. The molecular weight excluding hydrogens is 451 g/mol. The lowest BCUT2D eigenvalue weighted by Crippen LogP contribution is -2.37. The summed E-state index contributed by atoms with van der Waals surface area (Å²) >= 11 is 0. The van der Waals surface area contributed by atoms with Crippen LogP contribution >= 0.6 is 0 Å². The van der Waals surface area contributed by atoms with Crippen molar-refractivity contribution in [2.75, 3.05) is 6.51 Å². The van der Waals surface area contributed by atoms with Crippen LogP contribution < -0.4 is 20.8 Å². The second-order valence-electron chi connectivity index (χ2n) is 8.31. The maximum absolute atomic E-state index is 12.9. The Balaban J connectivity index is 2.19. The summed E-state index contributed by atoms with van der Waals surface area (Å²) in [6.07, 6.45) is 2.07. The van der Waals surface area contributed by atoms with E-state index in [0.717, 1.165) is 18.4 Å². The van der Waals surface area contributed by atoms with Crippen LogP contribution in [0.5, 0.6) is 5.75 Å². The number of nitro groups is 1. The zero-order chi connectivity index (χ0) is 26.1. The van der Waals surface area contributed by atoms with E-state index in [0.29, 0.717) is 29.7 Å². The van der Waals surface area contributed by atoms with Crippen LogP contribution in [0.3, 0.4) is 0 Å². The molecule has 187 valence electrons. The van der Waals surface area contributed by atoms with Gasteiger partial charge >= 0.3 is 6.09 Å². The number of ether oxygens (including phenoxy) is 2. The molecule has 1 atom stereocenters. The molecule has 1 aromatic carbocycles. The van der Waals surface area contributed by atoms with Crippen LogP contribution in [0.25, 0.3) is 0 Å². The number of benzene rings is 1. The molecule has 0 bridgehead atoms. The van der Waals surface area contributed by atoms with Gasteiger partial charge in [0.2, 0.25) is 7.28 Å². The molecule has 1 heterocycles. The third-order valence-corrected chi connectivity index (χ3v) is 5.37. The van der Waals surface area contributed by atoms with Crippen molar-refractivity contribution in [3.8, 4) is 5.75 Å². The fraction of sp³-hybridized carbons (Fsp3) is 0.458. The van der Waals surface area contributed by atoms with Gasteiger partial charge in [-0.2, -0.15) is 0 Å². The Hall–Kier alpha value is -3.63. The van der Waals surface area contributed by atoms with E-state index in [-0.39, 0.29) is 22.8 Å². The minimum atomic E-state index is -0.948. The highest BCUT2D eigenvalue weighted by Crippen LogP contribution is 2.31. The maximum atomic E-state index is 12.9. The molecule has 1 radical (unpaired) electrons. The van der Waals surface area contributed by atoms with Crippen LogP contribution in [-0.4, -0.2) is 36.9 Å². The van der Waals surface area contributed by atoms with Crippen molar-refractivity contribution in [1.29, 1.82) is 0 Å². The molecule has 0 saturated heterocycles. The molecular formula is C24H32BN4O6. The number of unbranched alkanes of at least 4 members (excludes halogenated alkanes) is 1. The number of alkyl carbamates (subject to hydrolysis) is 1. The number of aliphatic imine (C=N–C) groups is 1. The number of nitrogens with zero attached hydrogens (tertiary/aromatic N) is 2. The van der Waals surface area contributed by atoms with Crippen LogP contribution in [0.1, 0.15) is 72.5 Å². The van der Waals surface area contributed by atoms with Crippen molar-refractivity contribution in [2.45, 2.75) is 66.9 Å². The number of rotatable bonds is 10. The molecule has 2 rings (SSSR count). The van der Waals surface area contributed by atoms with Crippen LogP contribution in [0.4, 0.5) is 10.5 Å². The monoisotopic (exact) mass is 483 g/mol. The predicted octanol–water partition coefficient (Wildman–Crippen LogP) is 3.98. The lowest BCUT2D eigenvalue weighted by molar-refractivity contribution is -0.386. The standard InChI is InChI=1S/C24H32BN4O6/c1-7-9-10-26-21(14(3)4)23(30)27-22(15(5)8-2)28-24(31)35-16(6)17-11-20-18(25-13-34-20)12-19(17)29(32)33/h10-12,16H,7-9,13H2,1-6H3,(H,27,30)(H,28,31)/b22-15+,26-10?. The van der Waals surface area contributed by atoms with Gasteiger partial charge in [0, 0.05) is 12.3 Å². The Bertz CT molecular complexity index is 1080. The number of fused-ring (bicyclic) bond motifs is 1. The molecule has 1 aromatic rings. The molecule has 1 unspecified atom stereocenters. The molecule has 1 aliphatic rings. The normalized spacial score (nSPS) is 13.7. The van der Waals surface area contributed by atoms with Crippen molar-refractivity contribution in [3.63, 3.8) is 0 Å². The zero-order valence-electron chi connectivity index (χ0n) is 21.1. The van der Waals surface area contributed by atoms with Gasteiger partial charge in [0.15, 0.2) is 0 Å². The molecule has 0 fully saturated rings. The second-order valence-corrected chi connectivity index (χ2v) is 8.31. The Labute approximate surface area is 206 Å². The van der Waals surface area contributed by atoms with Gasteiger partial charge in [-0.3, -0.25) is 25.2 Å². The minimum absolute atomic E-state index is 0.169. The molecule has 2 N–H and O–H groups in total. The largest absolute Gasteiger partial charge is 0.503 e. The summed E-state index contributed by atoms with van der Waals surface area (Å²) in [6.45, 7) is 11.1. The maximum Gasteiger partial charge on any atom is 0.413 e. The van der Waals surface area contributed by atoms with E-state index in [1.54, 1.807) is 34.3 Å². The number of carbonyl (C=O) groups excluding carboxylic acids is 2. The third-order valence-electron chi connectivity index (χ3n) is 5.37. The Morgan fingerprint density at radius 2 is 2.00 bits per heavy atom. The van der Waals surface area contributed by atoms with Gasteiger partial charge in [-0.1, -0.05) is 20.3 Å². The van der Waals surface area contributed by atoms with E-state index in [9.17, 15) is 19.7 Å². The first-order valence-corrected chi connectivity index (χ1v) is 11.6. The van der Waals surface area contributed by atoms with E-state index in [1.165, 1.54) is 19.1 Å².